The van der Waals surface area contributed by atoms with Gasteiger partial charge in [-0.25, -0.2) is 4.39 Å². The first-order chi connectivity index (χ1) is 6.61. The van der Waals surface area contributed by atoms with Gasteiger partial charge in [-0.15, -0.1) is 0 Å². The first-order valence-corrected chi connectivity index (χ1v) is 4.93. The molecule has 0 fully saturated rings. The predicted molar refractivity (Wildman–Crippen MR) is 57.2 cm³/mol. The lowest BCUT2D eigenvalue weighted by atomic mass is 10.2. The zero-order valence-electron chi connectivity index (χ0n) is 6.77. The minimum Gasteiger partial charge on any atom is -0.357 e. The van der Waals surface area contributed by atoms with Crippen molar-refractivity contribution in [2.24, 2.45) is 0 Å². The highest BCUT2D eigenvalue weighted by atomic mass is 79.9. The minimum atomic E-state index is -0.475. The molecule has 0 bridgehead atoms. The van der Waals surface area contributed by atoms with Crippen LogP contribution in [-0.4, -0.2) is 4.98 Å². The van der Waals surface area contributed by atoms with Gasteiger partial charge in [-0.3, -0.25) is 4.79 Å². The van der Waals surface area contributed by atoms with Crippen LogP contribution in [0.4, 0.5) is 4.39 Å². The van der Waals surface area contributed by atoms with Gasteiger partial charge in [0, 0.05) is 10.7 Å². The lowest BCUT2D eigenvalue weighted by Gasteiger charge is -2.01. The smallest absolute Gasteiger partial charge is 0.209 e. The highest BCUT2D eigenvalue weighted by Crippen LogP contribution is 2.22. The van der Waals surface area contributed by atoms with Crippen LogP contribution in [0, 0.1) is 5.82 Å². The van der Waals surface area contributed by atoms with E-state index in [0.29, 0.717) is 4.47 Å². The van der Waals surface area contributed by atoms with E-state index < -0.39 is 5.82 Å². The SMILES string of the molecule is O=c1c(Cl)c[nH]c2c(F)ccc(Br)c12. The fourth-order valence-electron chi connectivity index (χ4n) is 1.24. The van der Waals surface area contributed by atoms with E-state index in [1.54, 1.807) is 0 Å². The van der Waals surface area contributed by atoms with Crippen molar-refractivity contribution in [3.63, 3.8) is 0 Å². The Morgan fingerprint density at radius 2 is 2.14 bits per heavy atom. The van der Waals surface area contributed by atoms with Gasteiger partial charge in [-0.05, 0) is 28.1 Å². The van der Waals surface area contributed by atoms with E-state index in [0.717, 1.165) is 0 Å². The summed E-state index contributed by atoms with van der Waals surface area (Å²) in [4.78, 5) is 14.2. The molecule has 0 saturated heterocycles. The molecule has 0 saturated carbocycles. The third-order valence-electron chi connectivity index (χ3n) is 1.89. The fraction of sp³-hybridized carbons (Fsp3) is 0. The number of rotatable bonds is 0. The number of aromatic amines is 1. The highest BCUT2D eigenvalue weighted by Gasteiger charge is 2.09. The van der Waals surface area contributed by atoms with E-state index in [1.807, 2.05) is 0 Å². The maximum atomic E-state index is 13.2. The van der Waals surface area contributed by atoms with E-state index >= 15 is 0 Å². The Labute approximate surface area is 91.8 Å². The van der Waals surface area contributed by atoms with Gasteiger partial charge in [0.1, 0.15) is 10.8 Å². The van der Waals surface area contributed by atoms with Crippen LogP contribution in [0.15, 0.2) is 27.6 Å². The van der Waals surface area contributed by atoms with E-state index in [9.17, 15) is 9.18 Å². The van der Waals surface area contributed by atoms with Crippen molar-refractivity contribution in [3.05, 3.63) is 43.9 Å². The molecule has 2 nitrogen and oxygen atoms in total. The average molecular weight is 276 g/mol. The maximum absolute atomic E-state index is 13.2. The van der Waals surface area contributed by atoms with E-state index in [1.165, 1.54) is 18.3 Å². The fourth-order valence-corrected chi connectivity index (χ4v) is 1.89. The molecule has 14 heavy (non-hydrogen) atoms. The Morgan fingerprint density at radius 3 is 2.86 bits per heavy atom. The summed E-state index contributed by atoms with van der Waals surface area (Å²) >= 11 is 8.80. The number of benzene rings is 1. The van der Waals surface area contributed by atoms with Gasteiger partial charge >= 0.3 is 0 Å². The molecule has 5 heteroatoms. The van der Waals surface area contributed by atoms with Crippen molar-refractivity contribution in [2.75, 3.05) is 0 Å². The molecule has 0 aliphatic heterocycles. The number of hydrogen-bond acceptors (Lipinski definition) is 1. The van der Waals surface area contributed by atoms with Crippen molar-refractivity contribution in [1.29, 1.82) is 0 Å². The van der Waals surface area contributed by atoms with Crippen LogP contribution in [0.5, 0.6) is 0 Å². The van der Waals surface area contributed by atoms with Crippen molar-refractivity contribution >= 4 is 38.4 Å². The van der Waals surface area contributed by atoms with Crippen LogP contribution < -0.4 is 5.43 Å². The van der Waals surface area contributed by atoms with Gasteiger partial charge in [0.05, 0.1) is 10.9 Å². The molecule has 0 radical (unpaired) electrons. The van der Waals surface area contributed by atoms with Crippen LogP contribution in [-0.2, 0) is 0 Å². The molecule has 2 rings (SSSR count). The monoisotopic (exact) mass is 275 g/mol. The van der Waals surface area contributed by atoms with Crippen LogP contribution >= 0.6 is 27.5 Å². The largest absolute Gasteiger partial charge is 0.357 e. The number of nitrogens with one attached hydrogen (secondary N) is 1. The second-order valence-electron chi connectivity index (χ2n) is 2.74. The van der Waals surface area contributed by atoms with Crippen LogP contribution in [0.3, 0.4) is 0 Å². The number of H-pyrrole nitrogens is 1. The normalized spacial score (nSPS) is 10.8. The molecular formula is C9H4BrClFNO. The zero-order valence-corrected chi connectivity index (χ0v) is 9.12. The van der Waals surface area contributed by atoms with Crippen molar-refractivity contribution in [3.8, 4) is 0 Å². The Kier molecular flexibility index (Phi) is 2.33. The highest BCUT2D eigenvalue weighted by molar-refractivity contribution is 9.10. The number of pyridine rings is 1. The maximum Gasteiger partial charge on any atom is 0.209 e. The Hall–Kier alpha value is -0.870. The second-order valence-corrected chi connectivity index (χ2v) is 4.01. The third kappa shape index (κ3) is 1.35. The van der Waals surface area contributed by atoms with Crippen LogP contribution in [0.25, 0.3) is 10.9 Å². The van der Waals surface area contributed by atoms with E-state index in [2.05, 4.69) is 20.9 Å². The summed E-state index contributed by atoms with van der Waals surface area (Å²) in [6.45, 7) is 0. The van der Waals surface area contributed by atoms with Crippen molar-refractivity contribution in [2.45, 2.75) is 0 Å². The van der Waals surface area contributed by atoms with Crippen molar-refractivity contribution in [1.82, 2.24) is 4.98 Å². The Morgan fingerprint density at radius 1 is 1.43 bits per heavy atom. The summed E-state index contributed by atoms with van der Waals surface area (Å²) in [7, 11) is 0. The molecule has 0 spiro atoms. The number of hydrogen-bond donors (Lipinski definition) is 1. The van der Waals surface area contributed by atoms with Gasteiger partial charge < -0.3 is 4.98 Å². The van der Waals surface area contributed by atoms with E-state index in [4.69, 9.17) is 11.6 Å². The van der Waals surface area contributed by atoms with Crippen LogP contribution in [0.1, 0.15) is 0 Å². The lowest BCUT2D eigenvalue weighted by molar-refractivity contribution is 0.636. The molecule has 0 atom stereocenters. The lowest BCUT2D eigenvalue weighted by Crippen LogP contribution is -2.04. The van der Waals surface area contributed by atoms with Gasteiger partial charge in [0.25, 0.3) is 0 Å². The molecular weight excluding hydrogens is 272 g/mol. The van der Waals surface area contributed by atoms with Gasteiger partial charge in [0.2, 0.25) is 5.43 Å². The Bertz CT molecular complexity index is 566. The number of halogens is 3. The summed E-state index contributed by atoms with van der Waals surface area (Å²) in [5.41, 5.74) is -0.222. The van der Waals surface area contributed by atoms with Gasteiger partial charge in [0.15, 0.2) is 0 Å². The molecule has 0 unspecified atom stereocenters. The minimum absolute atomic E-state index is 0.0452. The predicted octanol–water partition coefficient (Wildman–Crippen LogP) is 3.08. The molecule has 0 aliphatic carbocycles. The summed E-state index contributed by atoms with van der Waals surface area (Å²) in [6.07, 6.45) is 1.28. The quantitative estimate of drug-likeness (QED) is 0.788. The molecule has 72 valence electrons. The number of aromatic nitrogens is 1. The van der Waals surface area contributed by atoms with E-state index in [-0.39, 0.29) is 21.4 Å². The standard InChI is InChI=1S/C9H4BrClFNO/c10-4-1-2-6(12)8-7(4)9(14)5(11)3-13-8/h1-3H,(H,13,14). The summed E-state index contributed by atoms with van der Waals surface area (Å²) < 4.78 is 13.8. The van der Waals surface area contributed by atoms with Crippen molar-refractivity contribution < 1.29 is 4.39 Å². The second kappa shape index (κ2) is 3.37. The molecule has 1 aromatic carbocycles. The molecule has 2 aromatic rings. The first kappa shape index (κ1) is 9.68. The van der Waals surface area contributed by atoms with Crippen LogP contribution in [0.2, 0.25) is 5.02 Å². The first-order valence-electron chi connectivity index (χ1n) is 3.76. The summed E-state index contributed by atoms with van der Waals surface area (Å²) in [5.74, 6) is -0.475. The number of fused-ring (bicyclic) bond motifs is 1. The molecule has 1 N–H and O–H groups in total. The zero-order chi connectivity index (χ0) is 10.3. The summed E-state index contributed by atoms with van der Waals surface area (Å²) in [6, 6.07) is 2.75. The average Bonchev–Trinajstić information content (AvgIpc) is 2.16. The molecule has 0 amide bonds. The molecule has 1 heterocycles. The van der Waals surface area contributed by atoms with Gasteiger partial charge in [-0.2, -0.15) is 0 Å². The molecule has 0 aliphatic rings. The summed E-state index contributed by atoms with van der Waals surface area (Å²) in [5, 5.41) is 0.279. The third-order valence-corrected chi connectivity index (χ3v) is 2.83. The Balaban J connectivity index is 3.09. The van der Waals surface area contributed by atoms with Gasteiger partial charge in [-0.1, -0.05) is 11.6 Å². The topological polar surface area (TPSA) is 32.9 Å². The molecule has 1 aromatic heterocycles.